The number of hydrogen-bond donors (Lipinski definition) is 0. The van der Waals surface area contributed by atoms with Crippen molar-refractivity contribution >= 4 is 33.0 Å². The molecule has 4 aromatic rings. The fraction of sp³-hybridized carbons (Fsp3) is 0.0455. The lowest BCUT2D eigenvalue weighted by atomic mass is 10.2. The SMILES string of the molecule is COc1ccc(C=Nn2c(-c3cccc(F)c3)nc3ccccc3c2=O)cc1Br. The highest BCUT2D eigenvalue weighted by Gasteiger charge is 2.13. The topological polar surface area (TPSA) is 56.5 Å². The molecule has 4 rings (SSSR count). The molecule has 0 saturated carbocycles. The fourth-order valence-corrected chi connectivity index (χ4v) is 3.49. The molecule has 29 heavy (non-hydrogen) atoms. The largest absolute Gasteiger partial charge is 0.496 e. The van der Waals surface area contributed by atoms with Crippen molar-refractivity contribution in [2.45, 2.75) is 0 Å². The molecule has 144 valence electrons. The van der Waals surface area contributed by atoms with Crippen LogP contribution in [0.1, 0.15) is 5.56 Å². The number of benzene rings is 3. The molecular formula is C22H15BrFN3O2. The van der Waals surface area contributed by atoms with Crippen LogP contribution in [0.2, 0.25) is 0 Å². The van der Waals surface area contributed by atoms with E-state index < -0.39 is 5.82 Å². The maximum absolute atomic E-state index is 13.8. The quantitative estimate of drug-likeness (QED) is 0.416. The summed E-state index contributed by atoms with van der Waals surface area (Å²) in [7, 11) is 1.58. The molecule has 0 aliphatic rings. The van der Waals surface area contributed by atoms with Gasteiger partial charge in [-0.25, -0.2) is 9.37 Å². The standard InChI is InChI=1S/C22H15BrFN3O2/c1-29-20-10-9-14(11-18(20)23)13-25-27-21(15-5-4-6-16(24)12-15)26-19-8-3-2-7-17(19)22(27)28/h2-13H,1H3. The van der Waals surface area contributed by atoms with Crippen LogP contribution in [0.4, 0.5) is 4.39 Å². The summed E-state index contributed by atoms with van der Waals surface area (Å²) in [6, 6.07) is 18.4. The number of para-hydroxylation sites is 1. The molecule has 0 atom stereocenters. The van der Waals surface area contributed by atoms with E-state index >= 15 is 0 Å². The van der Waals surface area contributed by atoms with E-state index in [1.165, 1.54) is 16.8 Å². The van der Waals surface area contributed by atoms with Crippen LogP contribution in [0.25, 0.3) is 22.3 Å². The summed E-state index contributed by atoms with van der Waals surface area (Å²) in [5, 5.41) is 4.79. The van der Waals surface area contributed by atoms with Crippen LogP contribution in [0.5, 0.6) is 5.75 Å². The summed E-state index contributed by atoms with van der Waals surface area (Å²) in [5.41, 5.74) is 1.40. The zero-order chi connectivity index (χ0) is 20.4. The van der Waals surface area contributed by atoms with Crippen molar-refractivity contribution in [1.82, 2.24) is 9.66 Å². The smallest absolute Gasteiger partial charge is 0.282 e. The van der Waals surface area contributed by atoms with Gasteiger partial charge in [0.05, 0.1) is 28.7 Å². The lowest BCUT2D eigenvalue weighted by Crippen LogP contribution is -2.20. The second-order valence-electron chi connectivity index (χ2n) is 6.22. The monoisotopic (exact) mass is 451 g/mol. The van der Waals surface area contributed by atoms with Gasteiger partial charge in [0.1, 0.15) is 11.6 Å². The van der Waals surface area contributed by atoms with Crippen LogP contribution in [-0.2, 0) is 0 Å². The Morgan fingerprint density at radius 2 is 1.93 bits per heavy atom. The number of nitrogens with zero attached hydrogens (tertiary/aromatic N) is 3. The van der Waals surface area contributed by atoms with Gasteiger partial charge in [-0.3, -0.25) is 4.79 Å². The molecule has 0 saturated heterocycles. The summed E-state index contributed by atoms with van der Waals surface area (Å²) in [4.78, 5) is 17.6. The molecule has 3 aromatic carbocycles. The van der Waals surface area contributed by atoms with Gasteiger partial charge in [-0.1, -0.05) is 24.3 Å². The Balaban J connectivity index is 1.90. The highest BCUT2D eigenvalue weighted by Crippen LogP contribution is 2.25. The van der Waals surface area contributed by atoms with E-state index in [0.717, 1.165) is 10.0 Å². The molecule has 0 N–H and O–H groups in total. The van der Waals surface area contributed by atoms with Crippen molar-refractivity contribution in [2.75, 3.05) is 7.11 Å². The van der Waals surface area contributed by atoms with Crippen molar-refractivity contribution in [2.24, 2.45) is 5.10 Å². The zero-order valence-electron chi connectivity index (χ0n) is 15.3. The first kappa shape index (κ1) is 19.0. The lowest BCUT2D eigenvalue weighted by Gasteiger charge is -2.09. The first-order valence-corrected chi connectivity index (χ1v) is 9.52. The summed E-state index contributed by atoms with van der Waals surface area (Å²) in [6.07, 6.45) is 1.55. The maximum Gasteiger partial charge on any atom is 0.282 e. The van der Waals surface area contributed by atoms with Gasteiger partial charge < -0.3 is 4.74 Å². The Morgan fingerprint density at radius 3 is 2.69 bits per heavy atom. The molecule has 1 heterocycles. The van der Waals surface area contributed by atoms with Gasteiger partial charge >= 0.3 is 0 Å². The van der Waals surface area contributed by atoms with Gasteiger partial charge in [0, 0.05) is 5.56 Å². The van der Waals surface area contributed by atoms with Crippen molar-refractivity contribution in [3.63, 3.8) is 0 Å². The van der Waals surface area contributed by atoms with Gasteiger partial charge in [-0.05, 0) is 64.0 Å². The van der Waals surface area contributed by atoms with Crippen molar-refractivity contribution in [1.29, 1.82) is 0 Å². The van der Waals surface area contributed by atoms with E-state index in [4.69, 9.17) is 4.74 Å². The van der Waals surface area contributed by atoms with Crippen LogP contribution < -0.4 is 10.3 Å². The first-order valence-electron chi connectivity index (χ1n) is 8.72. The molecule has 0 spiro atoms. The normalized spacial score (nSPS) is 11.3. The Morgan fingerprint density at radius 1 is 1.10 bits per heavy atom. The summed E-state index contributed by atoms with van der Waals surface area (Å²) < 4.78 is 21.0. The fourth-order valence-electron chi connectivity index (χ4n) is 2.93. The number of halogens is 2. The van der Waals surface area contributed by atoms with Gasteiger partial charge in [-0.2, -0.15) is 9.78 Å². The number of fused-ring (bicyclic) bond motifs is 1. The van der Waals surface area contributed by atoms with E-state index in [-0.39, 0.29) is 11.4 Å². The first-order chi connectivity index (χ1) is 14.1. The molecule has 0 aliphatic carbocycles. The number of rotatable bonds is 4. The maximum atomic E-state index is 13.8. The third-order valence-electron chi connectivity index (χ3n) is 4.33. The number of methoxy groups -OCH3 is 1. The summed E-state index contributed by atoms with van der Waals surface area (Å²) in [6.45, 7) is 0. The van der Waals surface area contributed by atoms with Crippen molar-refractivity contribution in [3.05, 3.63) is 92.9 Å². The van der Waals surface area contributed by atoms with E-state index in [2.05, 4.69) is 26.0 Å². The lowest BCUT2D eigenvalue weighted by molar-refractivity contribution is 0.412. The summed E-state index contributed by atoms with van der Waals surface area (Å²) >= 11 is 3.43. The Labute approximate surface area is 174 Å². The van der Waals surface area contributed by atoms with Crippen LogP contribution >= 0.6 is 15.9 Å². The van der Waals surface area contributed by atoms with Crippen LogP contribution in [0.15, 0.2) is 81.1 Å². The third kappa shape index (κ3) is 3.82. The molecule has 0 unspecified atom stereocenters. The minimum atomic E-state index is -0.417. The van der Waals surface area contributed by atoms with Gasteiger partial charge in [0.2, 0.25) is 0 Å². The van der Waals surface area contributed by atoms with Crippen molar-refractivity contribution in [3.8, 4) is 17.1 Å². The number of aromatic nitrogens is 2. The highest BCUT2D eigenvalue weighted by atomic mass is 79.9. The predicted molar refractivity (Wildman–Crippen MR) is 115 cm³/mol. The molecule has 0 fully saturated rings. The molecule has 5 nitrogen and oxygen atoms in total. The molecule has 7 heteroatoms. The Bertz CT molecular complexity index is 1300. The van der Waals surface area contributed by atoms with Gasteiger partial charge in [0.25, 0.3) is 5.56 Å². The predicted octanol–water partition coefficient (Wildman–Crippen LogP) is 4.86. The average molecular weight is 452 g/mol. The second kappa shape index (κ2) is 7.97. The Kier molecular flexibility index (Phi) is 5.22. The molecule has 0 aliphatic heterocycles. The molecule has 1 aromatic heterocycles. The minimum absolute atomic E-state index is 0.261. The third-order valence-corrected chi connectivity index (χ3v) is 4.95. The van der Waals surface area contributed by atoms with Gasteiger partial charge in [0.15, 0.2) is 5.82 Å². The average Bonchev–Trinajstić information content (AvgIpc) is 2.73. The zero-order valence-corrected chi connectivity index (χ0v) is 16.9. The molecule has 0 amide bonds. The second-order valence-corrected chi connectivity index (χ2v) is 7.07. The van der Waals surface area contributed by atoms with E-state index in [1.54, 1.807) is 55.8 Å². The molecular weight excluding hydrogens is 437 g/mol. The number of ether oxygens (including phenoxy) is 1. The molecule has 0 bridgehead atoms. The van der Waals surface area contributed by atoms with Crippen LogP contribution in [0.3, 0.4) is 0 Å². The van der Waals surface area contributed by atoms with E-state index in [0.29, 0.717) is 22.2 Å². The van der Waals surface area contributed by atoms with E-state index in [1.807, 2.05) is 12.1 Å². The van der Waals surface area contributed by atoms with Crippen LogP contribution in [0, 0.1) is 5.82 Å². The van der Waals surface area contributed by atoms with Crippen LogP contribution in [-0.4, -0.2) is 23.0 Å². The van der Waals surface area contributed by atoms with Gasteiger partial charge in [-0.15, -0.1) is 0 Å². The highest BCUT2D eigenvalue weighted by molar-refractivity contribution is 9.10. The number of hydrogen-bond acceptors (Lipinski definition) is 4. The molecule has 0 radical (unpaired) electrons. The van der Waals surface area contributed by atoms with Crippen molar-refractivity contribution < 1.29 is 9.13 Å². The minimum Gasteiger partial charge on any atom is -0.496 e. The van der Waals surface area contributed by atoms with E-state index in [9.17, 15) is 9.18 Å². The summed E-state index contributed by atoms with van der Waals surface area (Å²) in [5.74, 6) is 0.531. The Hall–Kier alpha value is -3.32.